The number of terminal acetylenes is 1. The van der Waals surface area contributed by atoms with Gasteiger partial charge in [-0.15, -0.1) is 6.42 Å². The van der Waals surface area contributed by atoms with Gasteiger partial charge in [0.15, 0.2) is 22.6 Å². The molecule has 2 aromatic heterocycles. The number of anilines is 1. The second-order valence-corrected chi connectivity index (χ2v) is 19.7. The number of benzene rings is 2. The van der Waals surface area contributed by atoms with Crippen molar-refractivity contribution in [3.63, 3.8) is 0 Å². The van der Waals surface area contributed by atoms with E-state index in [9.17, 15) is 14.0 Å². The van der Waals surface area contributed by atoms with Crippen LogP contribution in [-0.4, -0.2) is 61.9 Å². The Morgan fingerprint density at radius 1 is 0.882 bits per heavy atom. The van der Waals surface area contributed by atoms with Crippen LogP contribution in [0.3, 0.4) is 0 Å². The lowest BCUT2D eigenvalue weighted by atomic mass is 9.98. The van der Waals surface area contributed by atoms with Crippen LogP contribution in [0.2, 0.25) is 0 Å². The third kappa shape index (κ3) is 17.3. The Kier molecular flexibility index (Phi) is 22.7. The Balaban J connectivity index is 1.37. The molecular weight excluding hydrogens is 887 g/mol. The number of esters is 2. The van der Waals surface area contributed by atoms with E-state index in [0.717, 1.165) is 56.9 Å². The third-order valence-corrected chi connectivity index (χ3v) is 14.0. The van der Waals surface area contributed by atoms with Crippen molar-refractivity contribution >= 4 is 36.7 Å². The quantitative estimate of drug-likeness (QED) is 0.0152. The highest BCUT2D eigenvalue weighted by Crippen LogP contribution is 2.49. The molecule has 5 rings (SSSR count). The van der Waals surface area contributed by atoms with Gasteiger partial charge >= 0.3 is 25.8 Å². The van der Waals surface area contributed by atoms with Gasteiger partial charge < -0.3 is 24.5 Å². The number of rotatable bonds is 33. The zero-order chi connectivity index (χ0) is 48.6. The topological polar surface area (TPSA) is 179 Å². The van der Waals surface area contributed by atoms with Crippen LogP contribution in [0, 0.1) is 18.4 Å². The molecule has 0 unspecified atom stereocenters. The van der Waals surface area contributed by atoms with E-state index in [1.165, 1.54) is 94.9 Å². The van der Waals surface area contributed by atoms with Gasteiger partial charge in [0.2, 0.25) is 0 Å². The van der Waals surface area contributed by atoms with Crippen molar-refractivity contribution in [2.45, 2.75) is 192 Å². The Morgan fingerprint density at radius 3 is 2.00 bits per heavy atom. The number of nitrogen functional groups attached to an aromatic ring is 1. The zero-order valence-electron chi connectivity index (χ0n) is 40.5. The molecule has 2 aromatic carbocycles. The number of nitrogens with zero attached hydrogens (tertiary/aromatic N) is 4. The van der Waals surface area contributed by atoms with Crippen LogP contribution in [-0.2, 0) is 39.3 Å². The number of carbonyl (C=O) groups excluding carboxylic acids is 2. The van der Waals surface area contributed by atoms with Gasteiger partial charge in [-0.25, -0.2) is 9.55 Å². The molecule has 0 amide bonds. The second kappa shape index (κ2) is 28.6. The second-order valence-electron chi connectivity index (χ2n) is 18.0. The third-order valence-electron chi connectivity index (χ3n) is 12.4. The number of aromatic nitrogens is 4. The van der Waals surface area contributed by atoms with Crippen LogP contribution in [0.1, 0.15) is 167 Å². The van der Waals surface area contributed by atoms with Crippen LogP contribution in [0.15, 0.2) is 67.0 Å². The molecule has 3 heterocycles. The van der Waals surface area contributed by atoms with Crippen molar-refractivity contribution in [3.8, 4) is 18.1 Å². The fraction of sp³-hybridized carbons (Fsp3) is 0.596. The molecule has 3 N–H and O–H groups in total. The molecule has 1 aliphatic heterocycles. The van der Waals surface area contributed by atoms with E-state index in [2.05, 4.69) is 39.8 Å². The maximum Gasteiger partial charge on any atom is 0.459 e. The van der Waals surface area contributed by atoms with Crippen LogP contribution in [0.5, 0.6) is 5.75 Å². The number of para-hydroxylation sites is 1. The van der Waals surface area contributed by atoms with E-state index in [1.54, 1.807) is 30.3 Å². The summed E-state index contributed by atoms with van der Waals surface area (Å²) in [7, 11) is -4.59. The molecule has 4 aromatic rings. The lowest BCUT2D eigenvalue weighted by molar-refractivity contribution is -0.156. The van der Waals surface area contributed by atoms with Gasteiger partial charge in [-0.1, -0.05) is 171 Å². The van der Waals surface area contributed by atoms with Gasteiger partial charge in [0.05, 0.1) is 6.33 Å². The van der Waals surface area contributed by atoms with Gasteiger partial charge in [-0.3, -0.25) is 18.7 Å². The lowest BCUT2D eigenvalue weighted by Gasteiger charge is -2.31. The minimum Gasteiger partial charge on any atom is -0.461 e. The van der Waals surface area contributed by atoms with Gasteiger partial charge in [0.1, 0.15) is 36.8 Å². The molecule has 1 fully saturated rings. The number of nitrogens with two attached hydrogens (primary N) is 1. The summed E-state index contributed by atoms with van der Waals surface area (Å²) < 4.78 is 62.0. The van der Waals surface area contributed by atoms with Crippen molar-refractivity contribution in [3.05, 3.63) is 78.6 Å². The number of carbonyl (C=O) groups is 2. The Morgan fingerprint density at radius 2 is 1.44 bits per heavy atom. The van der Waals surface area contributed by atoms with Crippen LogP contribution in [0.25, 0.3) is 11.2 Å². The Labute approximate surface area is 403 Å². The molecule has 0 spiro atoms. The van der Waals surface area contributed by atoms with E-state index in [4.69, 9.17) is 35.4 Å². The number of unbranched alkanes of at least 4 members (excludes halogenated alkanes) is 16. The highest BCUT2D eigenvalue weighted by molar-refractivity contribution is 7.52. The fourth-order valence-electron chi connectivity index (χ4n) is 8.66. The highest BCUT2D eigenvalue weighted by Gasteiger charge is 2.53. The molecule has 14 nitrogen and oxygen atoms in total. The molecule has 372 valence electrons. The SMILES string of the molecule is C#C[C@]1(CO[P@@](=O)(N[C@@H](Cc2ccccc2)C(=O)OC(CCCCCCCCCCC)CCCCCCCCCCC)Oc2ccccc2)O[C@@H](n2cnc3c(N)nc(F)nc32)C[C@@H]1OC(C)=O. The number of fused-ring (bicyclic) bond motifs is 1. The maximum absolute atomic E-state index is 15.3. The first-order chi connectivity index (χ1) is 33.0. The monoisotopic (exact) mass is 961 g/mol. The summed E-state index contributed by atoms with van der Waals surface area (Å²) in [6, 6.07) is 16.6. The highest BCUT2D eigenvalue weighted by atomic mass is 31.2. The molecular formula is C52H74FN6O8P. The summed E-state index contributed by atoms with van der Waals surface area (Å²) in [6.45, 7) is 5.04. The molecule has 0 bridgehead atoms. The van der Waals surface area contributed by atoms with Crippen molar-refractivity contribution in [2.24, 2.45) is 0 Å². The van der Waals surface area contributed by atoms with Crippen LogP contribution >= 0.6 is 7.75 Å². The van der Waals surface area contributed by atoms with Gasteiger partial charge in [0.25, 0.3) is 0 Å². The van der Waals surface area contributed by atoms with E-state index < -0.39 is 56.3 Å². The zero-order valence-corrected chi connectivity index (χ0v) is 41.4. The van der Waals surface area contributed by atoms with Crippen molar-refractivity contribution in [2.75, 3.05) is 12.3 Å². The van der Waals surface area contributed by atoms with Gasteiger partial charge in [-0.05, 0) is 49.8 Å². The number of halogens is 1. The van der Waals surface area contributed by atoms with Gasteiger partial charge in [0, 0.05) is 13.3 Å². The molecule has 16 heteroatoms. The Hall–Kier alpha value is -4.87. The molecule has 5 atom stereocenters. The molecule has 0 aliphatic carbocycles. The summed E-state index contributed by atoms with van der Waals surface area (Å²) in [5.41, 5.74) is 4.99. The number of hydrogen-bond donors (Lipinski definition) is 2. The molecule has 1 aliphatic rings. The first-order valence-corrected chi connectivity index (χ1v) is 26.5. The van der Waals surface area contributed by atoms with Crippen LogP contribution < -0.4 is 15.3 Å². The average Bonchev–Trinajstić information content (AvgIpc) is 3.91. The average molecular weight is 961 g/mol. The number of imidazole rings is 1. The smallest absolute Gasteiger partial charge is 0.459 e. The molecule has 0 radical (unpaired) electrons. The predicted octanol–water partition coefficient (Wildman–Crippen LogP) is 11.9. The van der Waals surface area contributed by atoms with Crippen molar-refractivity contribution in [1.82, 2.24) is 24.6 Å². The standard InChI is InChI=1S/C52H74FN6O8P/c1-5-8-10-12-14-16-18-20-26-32-42(33-27-21-19-17-15-13-11-9-6-2)65-50(61)44(36-41-30-24-22-25-31-41)58-68(62,67-43-34-28-23-29-35-43)63-38-52(7-3)45(64-40(4)60)37-46(66-52)59-39-55-47-48(54)56-51(53)57-49(47)59/h3,22-25,28-31,34-35,39,42,44-46H,5-6,8-21,26-27,32-33,36-38H2,1-2,4H3,(H,58,62)(H2,54,56,57)/t44-,45-,46+,52+,68-/m0/s1. The van der Waals surface area contributed by atoms with E-state index >= 15 is 4.57 Å². The molecule has 1 saturated heterocycles. The summed E-state index contributed by atoms with van der Waals surface area (Å²) in [5, 5.41) is 2.96. The van der Waals surface area contributed by atoms with E-state index in [1.807, 2.05) is 30.3 Å². The fourth-order valence-corrected chi connectivity index (χ4v) is 10.2. The minimum atomic E-state index is -4.59. The van der Waals surface area contributed by atoms with Crippen molar-refractivity contribution in [1.29, 1.82) is 0 Å². The molecule has 0 saturated carbocycles. The van der Waals surface area contributed by atoms with E-state index in [-0.39, 0.29) is 41.7 Å². The predicted molar refractivity (Wildman–Crippen MR) is 263 cm³/mol. The van der Waals surface area contributed by atoms with E-state index in [0.29, 0.717) is 0 Å². The first kappa shape index (κ1) is 54.1. The maximum atomic E-state index is 15.3. The first-order valence-electron chi connectivity index (χ1n) is 25.0. The number of nitrogens with one attached hydrogen (secondary N) is 1. The summed E-state index contributed by atoms with van der Waals surface area (Å²) >= 11 is 0. The number of hydrogen-bond acceptors (Lipinski definition) is 12. The van der Waals surface area contributed by atoms with Crippen LogP contribution in [0.4, 0.5) is 10.2 Å². The normalized spacial score (nSPS) is 18.3. The minimum absolute atomic E-state index is 0.0197. The summed E-state index contributed by atoms with van der Waals surface area (Å²) in [4.78, 5) is 38.8. The summed E-state index contributed by atoms with van der Waals surface area (Å²) in [5.74, 6) is 1.32. The Bertz CT molecular complexity index is 2190. The largest absolute Gasteiger partial charge is 0.461 e. The number of ether oxygens (including phenoxy) is 3. The molecule has 68 heavy (non-hydrogen) atoms. The van der Waals surface area contributed by atoms with Gasteiger partial charge in [-0.2, -0.15) is 19.4 Å². The van der Waals surface area contributed by atoms with Crippen molar-refractivity contribution < 1.29 is 41.8 Å². The summed E-state index contributed by atoms with van der Waals surface area (Å²) in [6.07, 6.45) is 26.7. The lowest BCUT2D eigenvalue weighted by Crippen LogP contribution is -2.46.